The lowest BCUT2D eigenvalue weighted by Gasteiger charge is -2.32. The monoisotopic (exact) mass is 706 g/mol. The van der Waals surface area contributed by atoms with E-state index in [0.717, 1.165) is 84.4 Å². The van der Waals surface area contributed by atoms with Crippen molar-refractivity contribution in [1.82, 2.24) is 34.6 Å². The fraction of sp³-hybridized carbons (Fsp3) is 0.450. The van der Waals surface area contributed by atoms with Crippen LogP contribution in [-0.4, -0.2) is 72.8 Å². The molecule has 52 heavy (non-hydrogen) atoms. The molecule has 0 unspecified atom stereocenters. The Kier molecular flexibility index (Phi) is 10.2. The van der Waals surface area contributed by atoms with Gasteiger partial charge in [0.15, 0.2) is 5.65 Å². The first-order valence-electron chi connectivity index (χ1n) is 18.4. The van der Waals surface area contributed by atoms with Crippen LogP contribution < -0.4 is 20.1 Å². The zero-order chi connectivity index (χ0) is 36.4. The van der Waals surface area contributed by atoms with E-state index in [1.54, 1.807) is 4.68 Å². The van der Waals surface area contributed by atoms with Gasteiger partial charge in [-0.2, -0.15) is 5.10 Å². The largest absolute Gasteiger partial charge is 0.492 e. The van der Waals surface area contributed by atoms with Gasteiger partial charge in [-0.3, -0.25) is 14.6 Å². The molecule has 3 aromatic heterocycles. The summed E-state index contributed by atoms with van der Waals surface area (Å²) in [6, 6.07) is 21.3. The minimum atomic E-state index is -0.306. The van der Waals surface area contributed by atoms with Crippen molar-refractivity contribution in [2.24, 2.45) is 0 Å². The molecule has 3 N–H and O–H groups in total. The van der Waals surface area contributed by atoms with Crippen LogP contribution in [0.15, 0.2) is 72.9 Å². The molecule has 0 spiro atoms. The zero-order valence-electron chi connectivity index (χ0n) is 30.7. The lowest BCUT2D eigenvalue weighted by atomic mass is 9.85. The number of fused-ring (bicyclic) bond motifs is 2. The normalized spacial score (nSPS) is 18.4. The Hall–Kier alpha value is -4.94. The summed E-state index contributed by atoms with van der Waals surface area (Å²) in [7, 11) is 0. The molecule has 2 atom stereocenters. The number of hydrogen-bond donors (Lipinski definition) is 3. The van der Waals surface area contributed by atoms with Crippen molar-refractivity contribution in [2.45, 2.75) is 89.9 Å². The number of carbonyl (C=O) groups excluding carboxylic acids is 1. The second-order valence-corrected chi connectivity index (χ2v) is 15.3. The third-order valence-electron chi connectivity index (χ3n) is 9.95. The van der Waals surface area contributed by atoms with E-state index >= 15 is 0 Å². The topological polar surface area (TPSA) is 131 Å². The molecule has 1 saturated heterocycles. The molecule has 7 rings (SSSR count). The van der Waals surface area contributed by atoms with Gasteiger partial charge >= 0.3 is 6.03 Å². The van der Waals surface area contributed by atoms with Crippen molar-refractivity contribution in [2.75, 3.05) is 31.6 Å². The van der Waals surface area contributed by atoms with Crippen LogP contribution in [0.25, 0.3) is 11.3 Å². The molecule has 1 fully saturated rings. The van der Waals surface area contributed by atoms with Crippen LogP contribution >= 0.6 is 0 Å². The number of ether oxygens (including phenoxy) is 2. The van der Waals surface area contributed by atoms with E-state index in [0.29, 0.717) is 18.8 Å². The Balaban J connectivity index is 1.04. The number of carbonyl (C=O) groups is 1. The van der Waals surface area contributed by atoms with Crippen LogP contribution in [0.4, 0.5) is 10.6 Å². The number of rotatable bonds is 10. The number of pyridine rings is 1. The molecule has 2 aromatic carbocycles. The number of piperidine rings is 1. The number of likely N-dealkylation sites (tertiary alicyclic amines) is 1. The van der Waals surface area contributed by atoms with Crippen LogP contribution in [0.1, 0.15) is 101 Å². The van der Waals surface area contributed by atoms with Gasteiger partial charge in [-0.15, -0.1) is 10.2 Å². The number of aliphatic hydroxyl groups excluding tert-OH is 1. The third-order valence-corrected chi connectivity index (χ3v) is 9.95. The summed E-state index contributed by atoms with van der Waals surface area (Å²) in [6.45, 7) is 13.6. The number of urea groups is 1. The molecular formula is C40H50N8O4. The summed E-state index contributed by atoms with van der Waals surface area (Å²) in [5.41, 5.74) is 4.30. The van der Waals surface area contributed by atoms with E-state index in [1.165, 1.54) is 0 Å². The predicted octanol–water partition coefficient (Wildman–Crippen LogP) is 6.95. The predicted molar refractivity (Wildman–Crippen MR) is 200 cm³/mol. The van der Waals surface area contributed by atoms with E-state index in [2.05, 4.69) is 72.5 Å². The standard InChI is InChI=1S/C40H50N8O4/c1-26(2)38-44-43-36-16-13-30(25-47(36)38)52-34-15-14-33(31-11-6-7-12-32(31)34)41-39(50)42-37-24-35(40(3,4)5)45-48(37)27-9-8-10-29(23-27)51-22-21-46-19-17-28(49)18-20-46/h6-13,16,23-26,28,33-34,49H,14-15,17-22H2,1-5H3,(H2,41,42,50)/t33-,34+/m0/s1. The summed E-state index contributed by atoms with van der Waals surface area (Å²) in [5.74, 6) is 3.17. The van der Waals surface area contributed by atoms with Gasteiger partial charge in [0.2, 0.25) is 0 Å². The smallest absolute Gasteiger partial charge is 0.320 e. The number of benzene rings is 2. The molecule has 4 heterocycles. The highest BCUT2D eigenvalue weighted by atomic mass is 16.5. The first-order valence-corrected chi connectivity index (χ1v) is 18.4. The molecule has 0 bridgehead atoms. The van der Waals surface area contributed by atoms with Crippen molar-refractivity contribution in [3.05, 3.63) is 95.6 Å². The molecule has 12 nitrogen and oxygen atoms in total. The van der Waals surface area contributed by atoms with E-state index in [-0.39, 0.29) is 35.6 Å². The number of amides is 2. The van der Waals surface area contributed by atoms with Crippen molar-refractivity contribution in [3.8, 4) is 17.2 Å². The molecule has 2 aliphatic rings. The number of aromatic nitrogens is 5. The number of hydrogen-bond acceptors (Lipinski definition) is 8. The third kappa shape index (κ3) is 7.93. The minimum Gasteiger partial charge on any atom is -0.492 e. The van der Waals surface area contributed by atoms with E-state index in [9.17, 15) is 9.90 Å². The maximum atomic E-state index is 13.7. The molecule has 0 saturated carbocycles. The lowest BCUT2D eigenvalue weighted by molar-refractivity contribution is 0.0755. The van der Waals surface area contributed by atoms with Crippen molar-refractivity contribution >= 4 is 17.5 Å². The summed E-state index contributed by atoms with van der Waals surface area (Å²) in [6.07, 6.45) is 4.67. The summed E-state index contributed by atoms with van der Waals surface area (Å²) in [5, 5.41) is 29.7. The van der Waals surface area contributed by atoms with E-state index in [4.69, 9.17) is 14.6 Å². The molecule has 1 aliphatic carbocycles. The first-order chi connectivity index (χ1) is 25.0. The maximum Gasteiger partial charge on any atom is 0.320 e. The highest BCUT2D eigenvalue weighted by Crippen LogP contribution is 2.39. The Morgan fingerprint density at radius 3 is 2.50 bits per heavy atom. The Bertz CT molecular complexity index is 2010. The quantitative estimate of drug-likeness (QED) is 0.142. The Labute approximate surface area is 305 Å². The first kappa shape index (κ1) is 35.5. The average molecular weight is 707 g/mol. The Morgan fingerprint density at radius 1 is 0.942 bits per heavy atom. The maximum absolute atomic E-state index is 13.7. The highest BCUT2D eigenvalue weighted by Gasteiger charge is 2.30. The van der Waals surface area contributed by atoms with Crippen molar-refractivity contribution in [3.63, 3.8) is 0 Å². The lowest BCUT2D eigenvalue weighted by Crippen LogP contribution is -2.38. The number of nitrogens with zero attached hydrogens (tertiary/aromatic N) is 6. The average Bonchev–Trinajstić information content (AvgIpc) is 3.75. The van der Waals surface area contributed by atoms with E-state index < -0.39 is 0 Å². The van der Waals surface area contributed by atoms with Gasteiger partial charge in [-0.05, 0) is 61.1 Å². The summed E-state index contributed by atoms with van der Waals surface area (Å²) in [4.78, 5) is 16.0. The van der Waals surface area contributed by atoms with Gasteiger partial charge in [-0.25, -0.2) is 9.48 Å². The number of aliphatic hydroxyl groups is 1. The molecule has 1 aliphatic heterocycles. The SMILES string of the molecule is CC(C)c1nnc2ccc(O[C@@H]3CC[C@H](NC(=O)Nc4cc(C(C)(C)C)nn4-c4cccc(OCCN5CCC(O)CC5)c4)c4ccccc43)cn12. The van der Waals surface area contributed by atoms with Crippen LogP contribution in [0.2, 0.25) is 0 Å². The van der Waals surface area contributed by atoms with Crippen molar-refractivity contribution < 1.29 is 19.4 Å². The fourth-order valence-corrected chi connectivity index (χ4v) is 7.02. The number of anilines is 1. The molecular weight excluding hydrogens is 656 g/mol. The van der Waals surface area contributed by atoms with Crippen molar-refractivity contribution in [1.29, 1.82) is 0 Å². The van der Waals surface area contributed by atoms with Gasteiger partial charge in [0.25, 0.3) is 0 Å². The van der Waals surface area contributed by atoms with Gasteiger partial charge in [0.05, 0.1) is 29.7 Å². The Morgan fingerprint density at radius 2 is 1.73 bits per heavy atom. The van der Waals surface area contributed by atoms with Gasteiger partial charge in [-0.1, -0.05) is 65.0 Å². The summed E-state index contributed by atoms with van der Waals surface area (Å²) >= 11 is 0. The zero-order valence-corrected chi connectivity index (χ0v) is 30.7. The summed E-state index contributed by atoms with van der Waals surface area (Å²) < 4.78 is 16.5. The van der Waals surface area contributed by atoms with E-state index in [1.807, 2.05) is 65.2 Å². The van der Waals surface area contributed by atoms with Crippen LogP contribution in [-0.2, 0) is 5.41 Å². The van der Waals surface area contributed by atoms with Crippen LogP contribution in [0.5, 0.6) is 11.5 Å². The molecule has 12 heteroatoms. The second kappa shape index (κ2) is 15.0. The minimum absolute atomic E-state index is 0.160. The number of nitrogens with one attached hydrogen (secondary N) is 2. The highest BCUT2D eigenvalue weighted by molar-refractivity contribution is 5.89. The second-order valence-electron chi connectivity index (χ2n) is 15.3. The van der Waals surface area contributed by atoms with Gasteiger partial charge < -0.3 is 19.9 Å². The fourth-order valence-electron chi connectivity index (χ4n) is 7.02. The molecule has 2 amide bonds. The molecule has 274 valence electrons. The van der Waals surface area contributed by atoms with Gasteiger partial charge in [0, 0.05) is 43.1 Å². The molecule has 0 radical (unpaired) electrons. The van der Waals surface area contributed by atoms with Crippen LogP contribution in [0, 0.1) is 0 Å². The van der Waals surface area contributed by atoms with Gasteiger partial charge in [0.1, 0.15) is 35.9 Å². The molecule has 5 aromatic rings. The van der Waals surface area contributed by atoms with Crippen LogP contribution in [0.3, 0.4) is 0 Å².